The van der Waals surface area contributed by atoms with Gasteiger partial charge < -0.3 is 20.3 Å². The van der Waals surface area contributed by atoms with E-state index in [1.807, 2.05) is 91.0 Å². The van der Waals surface area contributed by atoms with Crippen molar-refractivity contribution in [2.45, 2.75) is 20.5 Å². The van der Waals surface area contributed by atoms with E-state index in [-0.39, 0.29) is 45.9 Å². The molecule has 0 bridgehead atoms. The van der Waals surface area contributed by atoms with Gasteiger partial charge in [0.1, 0.15) is 30.8 Å². The predicted octanol–water partition coefficient (Wildman–Crippen LogP) is 4.81. The lowest BCUT2D eigenvalue weighted by atomic mass is 10.1. The summed E-state index contributed by atoms with van der Waals surface area (Å²) in [6.45, 7) is 3.19. The molecular formula is C35H28N6O6. The molecule has 4 aromatic heterocycles. The summed E-state index contributed by atoms with van der Waals surface area (Å²) in [5.74, 6) is -0.344. The van der Waals surface area contributed by atoms with Crippen molar-refractivity contribution < 1.29 is 20.3 Å². The Bertz CT molecular complexity index is 2340. The molecule has 234 valence electrons. The van der Waals surface area contributed by atoms with Crippen molar-refractivity contribution in [1.29, 1.82) is 0 Å². The van der Waals surface area contributed by atoms with Crippen molar-refractivity contribution in [2.24, 2.45) is 0 Å². The molecule has 0 spiro atoms. The van der Waals surface area contributed by atoms with E-state index in [9.17, 15) is 25.0 Å². The van der Waals surface area contributed by atoms with Gasteiger partial charge in [0.2, 0.25) is 0 Å². The Morgan fingerprint density at radius 3 is 1.60 bits per heavy atom. The molecule has 47 heavy (non-hydrogen) atoms. The fourth-order valence-electron chi connectivity index (χ4n) is 5.05. The SMILES string of the molecule is Cc1c(O)c2c(-c3ccccc3)ncnc2n(O)c1=O.Cc1c(O)c2c(-c3ccccc3)ncnc2n(OCc2ccccc2)c1=O. The third-order valence-electron chi connectivity index (χ3n) is 7.55. The average molecular weight is 629 g/mol. The lowest BCUT2D eigenvalue weighted by Gasteiger charge is -2.15. The summed E-state index contributed by atoms with van der Waals surface area (Å²) in [5, 5.41) is 31.3. The van der Waals surface area contributed by atoms with Gasteiger partial charge in [0, 0.05) is 11.1 Å². The summed E-state index contributed by atoms with van der Waals surface area (Å²) >= 11 is 0. The smallest absolute Gasteiger partial charge is 0.291 e. The number of aromatic hydroxyl groups is 2. The maximum Gasteiger partial charge on any atom is 0.291 e. The number of aromatic nitrogens is 6. The number of pyridine rings is 2. The highest BCUT2D eigenvalue weighted by atomic mass is 16.7. The Labute approximate surface area is 267 Å². The molecule has 7 rings (SSSR count). The second-order valence-electron chi connectivity index (χ2n) is 10.5. The summed E-state index contributed by atoms with van der Waals surface area (Å²) in [6, 6.07) is 28.1. The van der Waals surface area contributed by atoms with E-state index in [1.54, 1.807) is 6.92 Å². The number of nitrogens with zero attached hydrogens (tertiary/aromatic N) is 6. The molecule has 0 amide bonds. The van der Waals surface area contributed by atoms with Crippen LogP contribution in [0.4, 0.5) is 0 Å². The van der Waals surface area contributed by atoms with E-state index in [2.05, 4.69) is 19.9 Å². The van der Waals surface area contributed by atoms with Gasteiger partial charge >= 0.3 is 0 Å². The molecule has 12 heteroatoms. The molecule has 7 aromatic rings. The van der Waals surface area contributed by atoms with Crippen molar-refractivity contribution >= 4 is 22.1 Å². The quantitative estimate of drug-likeness (QED) is 0.225. The molecule has 0 fully saturated rings. The lowest BCUT2D eigenvalue weighted by molar-refractivity contribution is 0.0971. The third kappa shape index (κ3) is 5.71. The number of fused-ring (bicyclic) bond motifs is 2. The molecule has 0 saturated heterocycles. The molecule has 0 aliphatic heterocycles. The van der Waals surface area contributed by atoms with Crippen LogP contribution in [0.2, 0.25) is 0 Å². The molecule has 12 nitrogen and oxygen atoms in total. The van der Waals surface area contributed by atoms with Gasteiger partial charge in [-0.05, 0) is 19.4 Å². The second kappa shape index (κ2) is 12.8. The van der Waals surface area contributed by atoms with E-state index in [0.29, 0.717) is 21.5 Å². The summed E-state index contributed by atoms with van der Waals surface area (Å²) in [4.78, 5) is 46.8. The summed E-state index contributed by atoms with van der Waals surface area (Å²) in [6.07, 6.45) is 2.60. The lowest BCUT2D eigenvalue weighted by Crippen LogP contribution is -2.29. The molecule has 0 unspecified atom stereocenters. The molecule has 3 N–H and O–H groups in total. The Kier molecular flexibility index (Phi) is 8.31. The van der Waals surface area contributed by atoms with Crippen LogP contribution in [0.1, 0.15) is 16.7 Å². The van der Waals surface area contributed by atoms with Crippen LogP contribution in [-0.2, 0) is 6.61 Å². The van der Waals surface area contributed by atoms with Crippen molar-refractivity contribution in [1.82, 2.24) is 29.4 Å². The van der Waals surface area contributed by atoms with Crippen LogP contribution < -0.4 is 16.0 Å². The van der Waals surface area contributed by atoms with Crippen LogP contribution in [0.15, 0.2) is 113 Å². The maximum absolute atomic E-state index is 12.7. The number of hydrogen-bond donors (Lipinski definition) is 3. The highest BCUT2D eigenvalue weighted by molar-refractivity contribution is 5.96. The first-order valence-electron chi connectivity index (χ1n) is 14.4. The minimum absolute atomic E-state index is 0.0213. The summed E-state index contributed by atoms with van der Waals surface area (Å²) < 4.78 is 1.56. The van der Waals surface area contributed by atoms with Gasteiger partial charge in [-0.1, -0.05) is 91.0 Å². The van der Waals surface area contributed by atoms with Crippen LogP contribution in [0.25, 0.3) is 44.6 Å². The first-order chi connectivity index (χ1) is 22.8. The first-order valence-corrected chi connectivity index (χ1v) is 14.4. The number of rotatable bonds is 5. The zero-order chi connectivity index (χ0) is 33.1. The van der Waals surface area contributed by atoms with E-state index in [0.717, 1.165) is 21.4 Å². The topological polar surface area (TPSA) is 165 Å². The van der Waals surface area contributed by atoms with Gasteiger partial charge in [0.15, 0.2) is 11.3 Å². The monoisotopic (exact) mass is 628 g/mol. The number of hydrogen-bond acceptors (Lipinski definition) is 10. The first kappa shape index (κ1) is 30.5. The van der Waals surface area contributed by atoms with Gasteiger partial charge in [-0.15, -0.1) is 9.46 Å². The van der Waals surface area contributed by atoms with Crippen molar-refractivity contribution in [3.8, 4) is 34.0 Å². The van der Waals surface area contributed by atoms with Gasteiger partial charge in [-0.25, -0.2) is 19.9 Å². The van der Waals surface area contributed by atoms with Crippen molar-refractivity contribution in [3.05, 3.63) is 141 Å². The number of benzene rings is 3. The van der Waals surface area contributed by atoms with E-state index < -0.39 is 11.1 Å². The molecular weight excluding hydrogens is 600 g/mol. The second-order valence-corrected chi connectivity index (χ2v) is 10.5. The maximum atomic E-state index is 12.7. The van der Waals surface area contributed by atoms with Crippen LogP contribution in [-0.4, -0.2) is 44.8 Å². The molecule has 4 heterocycles. The minimum Gasteiger partial charge on any atom is -0.507 e. The molecule has 0 aliphatic carbocycles. The predicted molar refractivity (Wildman–Crippen MR) is 175 cm³/mol. The fraction of sp³-hybridized carbons (Fsp3) is 0.0857. The third-order valence-corrected chi connectivity index (χ3v) is 7.55. The standard InChI is InChI=1S/C21H17N3O3.C14H11N3O3/c1-14-19(25)17-18(16-10-6-3-7-11-16)22-13-23-20(17)24(21(14)26)27-12-15-8-4-2-5-9-15;1-8-12(18)10-11(9-5-3-2-4-6-9)15-7-16-13(10)17(20)14(8)19/h2-11,13,25H,12H2,1H3;2-7,18,20H,1H3. The van der Waals surface area contributed by atoms with E-state index in [4.69, 9.17) is 4.84 Å². The molecule has 3 aromatic carbocycles. The van der Waals surface area contributed by atoms with Crippen LogP contribution >= 0.6 is 0 Å². The van der Waals surface area contributed by atoms with Crippen molar-refractivity contribution in [2.75, 3.05) is 0 Å². The van der Waals surface area contributed by atoms with Crippen LogP contribution in [0.5, 0.6) is 11.5 Å². The zero-order valence-electron chi connectivity index (χ0n) is 25.3. The summed E-state index contributed by atoms with van der Waals surface area (Å²) in [7, 11) is 0. The minimum atomic E-state index is -0.701. The average Bonchev–Trinajstić information content (AvgIpc) is 3.13. The summed E-state index contributed by atoms with van der Waals surface area (Å²) in [5.41, 5.74) is 2.77. The van der Waals surface area contributed by atoms with E-state index >= 15 is 0 Å². The Morgan fingerprint density at radius 1 is 0.617 bits per heavy atom. The highest BCUT2D eigenvalue weighted by Gasteiger charge is 2.21. The Morgan fingerprint density at radius 2 is 1.06 bits per heavy atom. The Hall–Kier alpha value is -6.56. The van der Waals surface area contributed by atoms with Crippen LogP contribution in [0.3, 0.4) is 0 Å². The van der Waals surface area contributed by atoms with Crippen LogP contribution in [0, 0.1) is 13.8 Å². The fourth-order valence-corrected chi connectivity index (χ4v) is 5.05. The molecule has 0 radical (unpaired) electrons. The van der Waals surface area contributed by atoms with Gasteiger partial charge in [-0.2, -0.15) is 0 Å². The normalized spacial score (nSPS) is 10.9. The largest absolute Gasteiger partial charge is 0.507 e. The molecule has 0 aliphatic rings. The van der Waals surface area contributed by atoms with E-state index in [1.165, 1.54) is 19.6 Å². The van der Waals surface area contributed by atoms with Gasteiger partial charge in [-0.3, -0.25) is 9.59 Å². The highest BCUT2D eigenvalue weighted by Crippen LogP contribution is 2.33. The zero-order valence-corrected chi connectivity index (χ0v) is 25.3. The van der Waals surface area contributed by atoms with Gasteiger partial charge in [0.25, 0.3) is 11.1 Å². The Balaban J connectivity index is 0.000000172. The molecule has 0 saturated carbocycles. The van der Waals surface area contributed by atoms with Crippen molar-refractivity contribution in [3.63, 3.8) is 0 Å². The molecule has 0 atom stereocenters. The van der Waals surface area contributed by atoms with Gasteiger partial charge in [0.05, 0.1) is 33.3 Å².